The van der Waals surface area contributed by atoms with Crippen molar-refractivity contribution >= 4 is 5.91 Å². The van der Waals surface area contributed by atoms with Crippen molar-refractivity contribution in [1.29, 1.82) is 0 Å². The van der Waals surface area contributed by atoms with Crippen LogP contribution in [0, 0.1) is 12.7 Å². The van der Waals surface area contributed by atoms with Crippen LogP contribution in [0.15, 0.2) is 58.1 Å². The SMILES string of the molecule is Cc1ccccc1Cn1c(=O)c(C(=O)N2CCOCC2)nn(-c2ccccc2F)c1=O. The van der Waals surface area contributed by atoms with E-state index in [-0.39, 0.29) is 12.2 Å². The van der Waals surface area contributed by atoms with Gasteiger partial charge >= 0.3 is 5.69 Å². The molecule has 1 fully saturated rings. The van der Waals surface area contributed by atoms with Crippen LogP contribution in [0.4, 0.5) is 4.39 Å². The molecule has 3 aromatic rings. The molecule has 4 rings (SSSR count). The van der Waals surface area contributed by atoms with Crippen molar-refractivity contribution < 1.29 is 13.9 Å². The van der Waals surface area contributed by atoms with E-state index < -0.39 is 28.7 Å². The average Bonchev–Trinajstić information content (AvgIpc) is 2.79. The highest BCUT2D eigenvalue weighted by Gasteiger charge is 2.26. The number of hydrogen-bond acceptors (Lipinski definition) is 5. The summed E-state index contributed by atoms with van der Waals surface area (Å²) in [6.45, 7) is 3.08. The molecule has 31 heavy (non-hydrogen) atoms. The van der Waals surface area contributed by atoms with E-state index >= 15 is 0 Å². The van der Waals surface area contributed by atoms with E-state index in [2.05, 4.69) is 5.10 Å². The van der Waals surface area contributed by atoms with Gasteiger partial charge in [0, 0.05) is 13.1 Å². The van der Waals surface area contributed by atoms with Crippen LogP contribution in [-0.2, 0) is 11.3 Å². The molecule has 0 saturated carbocycles. The largest absolute Gasteiger partial charge is 0.378 e. The number of hydrogen-bond donors (Lipinski definition) is 0. The molecule has 2 aromatic carbocycles. The number of aromatic nitrogens is 3. The first kappa shape index (κ1) is 20.7. The minimum atomic E-state index is -0.822. The van der Waals surface area contributed by atoms with Gasteiger partial charge in [0.15, 0.2) is 0 Å². The maximum Gasteiger partial charge on any atom is 0.352 e. The summed E-state index contributed by atoms with van der Waals surface area (Å²) in [4.78, 5) is 40.8. The van der Waals surface area contributed by atoms with Crippen molar-refractivity contribution in [2.45, 2.75) is 13.5 Å². The summed E-state index contributed by atoms with van der Waals surface area (Å²) in [7, 11) is 0. The van der Waals surface area contributed by atoms with Gasteiger partial charge in [-0.1, -0.05) is 36.4 Å². The number of morpholine rings is 1. The Morgan fingerprint density at radius 3 is 2.45 bits per heavy atom. The molecule has 0 atom stereocenters. The standard InChI is InChI=1S/C22H21FN4O4/c1-15-6-2-3-7-16(15)14-26-21(29)19(20(28)25-10-12-31-13-11-25)24-27(22(26)30)18-9-5-4-8-17(18)23/h2-9H,10-14H2,1H3. The smallest absolute Gasteiger partial charge is 0.352 e. The first-order valence-electron chi connectivity index (χ1n) is 9.88. The summed E-state index contributed by atoms with van der Waals surface area (Å²) in [5, 5.41) is 4.00. The van der Waals surface area contributed by atoms with E-state index in [1.807, 2.05) is 19.1 Å². The van der Waals surface area contributed by atoms with Crippen LogP contribution < -0.4 is 11.2 Å². The molecule has 160 valence electrons. The lowest BCUT2D eigenvalue weighted by atomic mass is 10.1. The van der Waals surface area contributed by atoms with E-state index in [1.165, 1.54) is 23.1 Å². The lowest BCUT2D eigenvalue weighted by Crippen LogP contribution is -2.49. The van der Waals surface area contributed by atoms with Gasteiger partial charge in [-0.3, -0.25) is 14.2 Å². The van der Waals surface area contributed by atoms with E-state index in [0.29, 0.717) is 26.3 Å². The molecule has 0 aliphatic carbocycles. The maximum absolute atomic E-state index is 14.5. The van der Waals surface area contributed by atoms with E-state index in [0.717, 1.165) is 20.4 Å². The number of amides is 1. The molecule has 9 heteroatoms. The summed E-state index contributed by atoms with van der Waals surface area (Å²) < 4.78 is 21.4. The van der Waals surface area contributed by atoms with Crippen LogP contribution in [-0.4, -0.2) is 51.5 Å². The Morgan fingerprint density at radius 2 is 1.74 bits per heavy atom. The summed E-state index contributed by atoms with van der Waals surface area (Å²) in [5.41, 5.74) is -0.587. The minimum Gasteiger partial charge on any atom is -0.378 e. The summed E-state index contributed by atoms with van der Waals surface area (Å²) in [6, 6.07) is 12.9. The van der Waals surface area contributed by atoms with Crippen LogP contribution in [0.5, 0.6) is 0 Å². The fraction of sp³-hybridized carbons (Fsp3) is 0.273. The molecule has 1 aromatic heterocycles. The Labute approximate surface area is 177 Å². The zero-order valence-corrected chi connectivity index (χ0v) is 17.0. The number of para-hydroxylation sites is 1. The molecule has 0 radical (unpaired) electrons. The van der Waals surface area contributed by atoms with Gasteiger partial charge in [-0.15, -0.1) is 0 Å². The highest BCUT2D eigenvalue weighted by Crippen LogP contribution is 2.11. The Bertz CT molecular complexity index is 1240. The summed E-state index contributed by atoms with van der Waals surface area (Å²) >= 11 is 0. The van der Waals surface area contributed by atoms with E-state index in [9.17, 15) is 18.8 Å². The number of benzene rings is 2. The normalized spacial score (nSPS) is 13.9. The van der Waals surface area contributed by atoms with Crippen molar-refractivity contribution in [2.75, 3.05) is 26.3 Å². The lowest BCUT2D eigenvalue weighted by molar-refractivity contribution is 0.0295. The van der Waals surface area contributed by atoms with Crippen molar-refractivity contribution in [2.24, 2.45) is 0 Å². The van der Waals surface area contributed by atoms with Crippen LogP contribution in [0.1, 0.15) is 21.6 Å². The third kappa shape index (κ3) is 4.04. The third-order valence-corrected chi connectivity index (χ3v) is 5.23. The molecular weight excluding hydrogens is 403 g/mol. The molecule has 8 nitrogen and oxygen atoms in total. The van der Waals surface area contributed by atoms with Crippen molar-refractivity contribution in [3.05, 3.63) is 92.0 Å². The zero-order valence-electron chi connectivity index (χ0n) is 17.0. The fourth-order valence-electron chi connectivity index (χ4n) is 3.44. The number of aryl methyl sites for hydroxylation is 1. The second-order valence-corrected chi connectivity index (χ2v) is 7.22. The first-order chi connectivity index (χ1) is 15.0. The molecule has 1 saturated heterocycles. The summed E-state index contributed by atoms with van der Waals surface area (Å²) in [5.74, 6) is -1.31. The van der Waals surface area contributed by atoms with Gasteiger partial charge in [-0.05, 0) is 30.2 Å². The number of carbonyl (C=O) groups is 1. The Hall–Kier alpha value is -3.59. The molecule has 1 aliphatic heterocycles. The van der Waals surface area contributed by atoms with Gasteiger partial charge in [0.05, 0.1) is 19.8 Å². The second-order valence-electron chi connectivity index (χ2n) is 7.22. The minimum absolute atomic E-state index is 0.0648. The maximum atomic E-state index is 14.5. The van der Waals surface area contributed by atoms with Gasteiger partial charge in [0.2, 0.25) is 5.69 Å². The molecule has 0 unspecified atom stereocenters. The van der Waals surface area contributed by atoms with E-state index in [1.54, 1.807) is 18.2 Å². The highest BCUT2D eigenvalue weighted by molar-refractivity contribution is 5.91. The van der Waals surface area contributed by atoms with Crippen molar-refractivity contribution in [1.82, 2.24) is 19.2 Å². The molecule has 0 N–H and O–H groups in total. The van der Waals surface area contributed by atoms with Gasteiger partial charge in [-0.2, -0.15) is 9.78 Å². The van der Waals surface area contributed by atoms with Crippen molar-refractivity contribution in [3.63, 3.8) is 0 Å². The monoisotopic (exact) mass is 424 g/mol. The van der Waals surface area contributed by atoms with Gasteiger partial charge in [0.25, 0.3) is 11.5 Å². The summed E-state index contributed by atoms with van der Waals surface area (Å²) in [6.07, 6.45) is 0. The second kappa shape index (κ2) is 8.65. The lowest BCUT2D eigenvalue weighted by Gasteiger charge is -2.26. The average molecular weight is 424 g/mol. The molecule has 1 aliphatic rings. The van der Waals surface area contributed by atoms with Gasteiger partial charge in [0.1, 0.15) is 11.5 Å². The quantitative estimate of drug-likeness (QED) is 0.631. The van der Waals surface area contributed by atoms with Gasteiger partial charge < -0.3 is 9.64 Å². The highest BCUT2D eigenvalue weighted by atomic mass is 19.1. The van der Waals surface area contributed by atoms with Gasteiger partial charge in [-0.25, -0.2) is 9.18 Å². The number of ether oxygens (including phenoxy) is 1. The number of carbonyl (C=O) groups excluding carboxylic acids is 1. The van der Waals surface area contributed by atoms with Crippen LogP contribution in [0.2, 0.25) is 0 Å². The number of rotatable bonds is 4. The van der Waals surface area contributed by atoms with Crippen LogP contribution >= 0.6 is 0 Å². The Balaban J connectivity index is 1.91. The molecular formula is C22H21FN4O4. The Kier molecular flexibility index (Phi) is 5.77. The molecule has 0 bridgehead atoms. The van der Waals surface area contributed by atoms with Crippen LogP contribution in [0.25, 0.3) is 5.69 Å². The molecule has 0 spiro atoms. The molecule has 2 heterocycles. The number of halogens is 1. The number of nitrogens with zero attached hydrogens (tertiary/aromatic N) is 4. The third-order valence-electron chi connectivity index (χ3n) is 5.23. The van der Waals surface area contributed by atoms with E-state index in [4.69, 9.17) is 4.74 Å². The fourth-order valence-corrected chi connectivity index (χ4v) is 3.44. The molecule has 1 amide bonds. The zero-order chi connectivity index (χ0) is 22.0. The Morgan fingerprint density at radius 1 is 1.06 bits per heavy atom. The predicted octanol–water partition coefficient (Wildman–Crippen LogP) is 1.36. The van der Waals surface area contributed by atoms with Crippen molar-refractivity contribution in [3.8, 4) is 5.69 Å². The first-order valence-corrected chi connectivity index (χ1v) is 9.88. The predicted molar refractivity (Wildman–Crippen MR) is 111 cm³/mol. The topological polar surface area (TPSA) is 86.4 Å². The van der Waals surface area contributed by atoms with Crippen LogP contribution in [0.3, 0.4) is 0 Å².